The van der Waals surface area contributed by atoms with E-state index < -0.39 is 5.91 Å². The van der Waals surface area contributed by atoms with Gasteiger partial charge in [-0.2, -0.15) is 9.78 Å². The molecule has 0 radical (unpaired) electrons. The first-order valence-corrected chi connectivity index (χ1v) is 12.6. The predicted molar refractivity (Wildman–Crippen MR) is 144 cm³/mol. The maximum Gasteiger partial charge on any atom is 0.342 e. The van der Waals surface area contributed by atoms with Crippen molar-refractivity contribution in [3.05, 3.63) is 88.8 Å². The number of nitrogens with one attached hydrogen (secondary N) is 2. The van der Waals surface area contributed by atoms with E-state index in [1.165, 1.54) is 16.9 Å². The summed E-state index contributed by atoms with van der Waals surface area (Å²) in [7, 11) is 1.60. The summed E-state index contributed by atoms with van der Waals surface area (Å²) >= 11 is 6.05. The van der Waals surface area contributed by atoms with Crippen LogP contribution in [0.25, 0.3) is 11.3 Å². The SMILES string of the molecule is COc1ccc(CNC(=O)n2nc(-c3cc(NC(=O)c4cccnc4Cl)ccc3O)cc2C2CCC2)cc1. The van der Waals surface area contributed by atoms with Gasteiger partial charge in [-0.3, -0.25) is 4.79 Å². The average molecular weight is 532 g/mol. The fourth-order valence-electron chi connectivity index (χ4n) is 4.25. The van der Waals surface area contributed by atoms with E-state index in [4.69, 9.17) is 16.3 Å². The van der Waals surface area contributed by atoms with Crippen molar-refractivity contribution in [1.29, 1.82) is 0 Å². The first-order chi connectivity index (χ1) is 18.4. The Morgan fingerprint density at radius 2 is 1.92 bits per heavy atom. The number of benzene rings is 2. The predicted octanol–water partition coefficient (Wildman–Crippen LogP) is 5.59. The fraction of sp³-hybridized carbons (Fsp3) is 0.214. The molecule has 38 heavy (non-hydrogen) atoms. The number of methoxy groups -OCH3 is 1. The van der Waals surface area contributed by atoms with E-state index >= 15 is 0 Å². The van der Waals surface area contributed by atoms with Gasteiger partial charge in [0.2, 0.25) is 0 Å². The summed E-state index contributed by atoms with van der Waals surface area (Å²) < 4.78 is 6.56. The summed E-state index contributed by atoms with van der Waals surface area (Å²) in [6.07, 6.45) is 4.51. The highest BCUT2D eigenvalue weighted by Crippen LogP contribution is 2.39. The molecule has 2 heterocycles. The number of amides is 2. The van der Waals surface area contributed by atoms with Crippen molar-refractivity contribution in [2.24, 2.45) is 0 Å². The molecule has 3 N–H and O–H groups in total. The standard InChI is InChI=1S/C28H26ClN5O4/c1-38-20-10-7-17(8-11-20)16-31-28(37)34-24(18-4-2-5-18)15-23(33-34)22-14-19(9-12-25(22)35)32-27(36)21-6-3-13-30-26(21)29/h3,6-15,18,35H,2,4-5,16H2,1H3,(H,31,37)(H,32,36). The Morgan fingerprint density at radius 1 is 1.13 bits per heavy atom. The largest absolute Gasteiger partial charge is 0.507 e. The Hall–Kier alpha value is -4.37. The number of nitrogens with zero attached hydrogens (tertiary/aromatic N) is 3. The number of pyridine rings is 1. The monoisotopic (exact) mass is 531 g/mol. The van der Waals surface area contributed by atoms with Gasteiger partial charge < -0.3 is 20.5 Å². The number of carbonyl (C=O) groups is 2. The number of hydrogen-bond acceptors (Lipinski definition) is 6. The van der Waals surface area contributed by atoms with Gasteiger partial charge in [-0.25, -0.2) is 9.78 Å². The zero-order chi connectivity index (χ0) is 26.6. The van der Waals surface area contributed by atoms with Gasteiger partial charge in [0, 0.05) is 29.9 Å². The molecule has 194 valence electrons. The third-order valence-electron chi connectivity index (χ3n) is 6.59. The second-order valence-corrected chi connectivity index (χ2v) is 9.39. The molecule has 1 saturated carbocycles. The van der Waals surface area contributed by atoms with Crippen molar-refractivity contribution in [1.82, 2.24) is 20.1 Å². The lowest BCUT2D eigenvalue weighted by Crippen LogP contribution is -2.31. The van der Waals surface area contributed by atoms with Gasteiger partial charge in [-0.15, -0.1) is 0 Å². The number of rotatable bonds is 7. The first-order valence-electron chi connectivity index (χ1n) is 12.2. The van der Waals surface area contributed by atoms with Crippen LogP contribution in [0.15, 0.2) is 66.9 Å². The molecule has 2 amide bonds. The number of ether oxygens (including phenoxy) is 1. The number of halogens is 1. The number of carbonyl (C=O) groups excluding carboxylic acids is 2. The maximum atomic E-state index is 13.2. The molecule has 4 aromatic rings. The molecule has 0 bridgehead atoms. The molecule has 9 nitrogen and oxygen atoms in total. The van der Waals surface area contributed by atoms with Gasteiger partial charge in [0.25, 0.3) is 5.91 Å². The molecule has 1 aliphatic rings. The Kier molecular flexibility index (Phi) is 7.28. The van der Waals surface area contributed by atoms with Crippen LogP contribution in [-0.4, -0.2) is 38.9 Å². The van der Waals surface area contributed by atoms with Crippen LogP contribution in [0.4, 0.5) is 10.5 Å². The number of aromatic hydroxyl groups is 1. The smallest absolute Gasteiger partial charge is 0.342 e. The maximum absolute atomic E-state index is 13.2. The first kappa shape index (κ1) is 25.3. The van der Waals surface area contributed by atoms with E-state index in [0.717, 1.165) is 36.3 Å². The quantitative estimate of drug-likeness (QED) is 0.211. The van der Waals surface area contributed by atoms with Crippen molar-refractivity contribution >= 4 is 29.2 Å². The topological polar surface area (TPSA) is 118 Å². The Morgan fingerprint density at radius 3 is 2.61 bits per heavy atom. The van der Waals surface area contributed by atoms with Gasteiger partial charge in [0.15, 0.2) is 0 Å². The summed E-state index contributed by atoms with van der Waals surface area (Å²) in [5.74, 6) is 0.496. The third kappa shape index (κ3) is 5.33. The lowest BCUT2D eigenvalue weighted by molar-refractivity contribution is 0.102. The second kappa shape index (κ2) is 10.9. The Labute approximate surface area is 224 Å². The summed E-state index contributed by atoms with van der Waals surface area (Å²) in [5.41, 5.74) is 3.20. The van der Waals surface area contributed by atoms with Crippen LogP contribution in [-0.2, 0) is 6.54 Å². The van der Waals surface area contributed by atoms with Crippen molar-refractivity contribution in [2.45, 2.75) is 31.7 Å². The van der Waals surface area contributed by atoms with Gasteiger partial charge in [0.05, 0.1) is 24.1 Å². The van der Waals surface area contributed by atoms with Gasteiger partial charge in [-0.05, 0) is 66.9 Å². The van der Waals surface area contributed by atoms with E-state index in [1.807, 2.05) is 30.3 Å². The number of phenolic OH excluding ortho intramolecular Hbond substituents is 1. The molecule has 1 aliphatic carbocycles. The molecule has 0 unspecified atom stereocenters. The minimum atomic E-state index is -0.432. The van der Waals surface area contributed by atoms with E-state index in [0.29, 0.717) is 23.5 Å². The zero-order valence-electron chi connectivity index (χ0n) is 20.6. The molecule has 5 rings (SSSR count). The van der Waals surface area contributed by atoms with Crippen LogP contribution in [0.1, 0.15) is 46.8 Å². The van der Waals surface area contributed by atoms with Gasteiger partial charge >= 0.3 is 6.03 Å². The highest BCUT2D eigenvalue weighted by molar-refractivity contribution is 6.33. The van der Waals surface area contributed by atoms with Crippen LogP contribution in [0.5, 0.6) is 11.5 Å². The van der Waals surface area contributed by atoms with E-state index in [9.17, 15) is 14.7 Å². The zero-order valence-corrected chi connectivity index (χ0v) is 21.4. The Balaban J connectivity index is 1.39. The number of hydrogen-bond donors (Lipinski definition) is 3. The number of phenols is 1. The molecule has 0 spiro atoms. The third-order valence-corrected chi connectivity index (χ3v) is 6.89. The van der Waals surface area contributed by atoms with Crippen molar-refractivity contribution in [3.63, 3.8) is 0 Å². The minimum absolute atomic E-state index is 0.0224. The van der Waals surface area contributed by atoms with E-state index in [1.54, 1.807) is 31.4 Å². The molecule has 2 aromatic heterocycles. The van der Waals surface area contributed by atoms with Crippen LogP contribution < -0.4 is 15.4 Å². The number of anilines is 1. The van der Waals surface area contributed by atoms with Crippen LogP contribution in [0.2, 0.25) is 5.15 Å². The van der Waals surface area contributed by atoms with E-state index in [-0.39, 0.29) is 28.4 Å². The lowest BCUT2D eigenvalue weighted by Gasteiger charge is -2.25. The van der Waals surface area contributed by atoms with E-state index in [2.05, 4.69) is 20.7 Å². The summed E-state index contributed by atoms with van der Waals surface area (Å²) in [5, 5.41) is 21.0. The molecular weight excluding hydrogens is 506 g/mol. The summed E-state index contributed by atoms with van der Waals surface area (Å²) in [6, 6.07) is 16.8. The van der Waals surface area contributed by atoms with Gasteiger partial charge in [0.1, 0.15) is 16.7 Å². The molecule has 10 heteroatoms. The summed E-state index contributed by atoms with van der Waals surface area (Å²) in [4.78, 5) is 29.8. The Bertz CT molecular complexity index is 1480. The fourth-order valence-corrected chi connectivity index (χ4v) is 4.46. The molecule has 2 aromatic carbocycles. The van der Waals surface area contributed by atoms with Crippen LogP contribution in [0.3, 0.4) is 0 Å². The minimum Gasteiger partial charge on any atom is -0.507 e. The van der Waals surface area contributed by atoms with Crippen molar-refractivity contribution < 1.29 is 19.4 Å². The highest BCUT2D eigenvalue weighted by atomic mass is 35.5. The van der Waals surface area contributed by atoms with Crippen LogP contribution in [0, 0.1) is 0 Å². The number of aromatic nitrogens is 3. The van der Waals surface area contributed by atoms with Crippen molar-refractivity contribution in [3.8, 4) is 22.8 Å². The molecule has 0 atom stereocenters. The van der Waals surface area contributed by atoms with Crippen molar-refractivity contribution in [2.75, 3.05) is 12.4 Å². The average Bonchev–Trinajstić information content (AvgIpc) is 3.32. The second-order valence-electron chi connectivity index (χ2n) is 9.03. The van der Waals surface area contributed by atoms with Crippen LogP contribution >= 0.6 is 11.6 Å². The normalized spacial score (nSPS) is 13.0. The molecular formula is C28H26ClN5O4. The highest BCUT2D eigenvalue weighted by Gasteiger charge is 2.27. The molecule has 1 fully saturated rings. The summed E-state index contributed by atoms with van der Waals surface area (Å²) in [6.45, 7) is 0.325. The molecule has 0 aliphatic heterocycles. The van der Waals surface area contributed by atoms with Gasteiger partial charge in [-0.1, -0.05) is 30.2 Å². The molecule has 0 saturated heterocycles. The lowest BCUT2D eigenvalue weighted by atomic mass is 9.82.